The summed E-state index contributed by atoms with van der Waals surface area (Å²) in [5.41, 5.74) is -1.30. The summed E-state index contributed by atoms with van der Waals surface area (Å²) in [4.78, 5) is 35.8. The molecule has 0 fully saturated rings. The van der Waals surface area contributed by atoms with Crippen LogP contribution in [0.2, 0.25) is 0 Å². The smallest absolute Gasteiger partial charge is 0.329 e. The Labute approximate surface area is 125 Å². The second kappa shape index (κ2) is 5.96. The molecule has 1 atom stereocenters. The second-order valence-electron chi connectivity index (χ2n) is 4.55. The van der Waals surface area contributed by atoms with Crippen LogP contribution in [0.25, 0.3) is 10.8 Å². The van der Waals surface area contributed by atoms with Crippen molar-refractivity contribution in [1.29, 1.82) is 0 Å². The summed E-state index contributed by atoms with van der Waals surface area (Å²) in [5.74, 6) is -1.12. The van der Waals surface area contributed by atoms with Gasteiger partial charge in [0.1, 0.15) is 10.4 Å². The van der Waals surface area contributed by atoms with Gasteiger partial charge in [0.25, 0.3) is 5.91 Å². The molecule has 2 N–H and O–H groups in total. The molecule has 0 aliphatic carbocycles. The molecule has 0 radical (unpaired) electrons. The fourth-order valence-electron chi connectivity index (χ4n) is 1.50. The van der Waals surface area contributed by atoms with E-state index in [1.807, 2.05) is 0 Å². The van der Waals surface area contributed by atoms with E-state index in [4.69, 9.17) is 5.11 Å². The number of thiazole rings is 1. The Morgan fingerprint density at radius 1 is 1.33 bits per heavy atom. The first-order chi connectivity index (χ1) is 9.96. The summed E-state index contributed by atoms with van der Waals surface area (Å²) in [6.45, 7) is 3.17. The highest BCUT2D eigenvalue weighted by Crippen LogP contribution is 2.22. The van der Waals surface area contributed by atoms with Crippen molar-refractivity contribution in [3.8, 4) is 10.8 Å². The molecular formula is C13H14N4O3S. The van der Waals surface area contributed by atoms with Crippen LogP contribution in [0.1, 0.15) is 29.9 Å². The molecule has 21 heavy (non-hydrogen) atoms. The molecular weight excluding hydrogens is 292 g/mol. The van der Waals surface area contributed by atoms with Crippen LogP contribution >= 0.6 is 11.3 Å². The Bertz CT molecular complexity index is 658. The van der Waals surface area contributed by atoms with Crippen LogP contribution in [0.5, 0.6) is 0 Å². The van der Waals surface area contributed by atoms with Gasteiger partial charge in [-0.25, -0.2) is 19.7 Å². The SMILES string of the molecule is CCC(C)(NC(=O)c1cnc(-c2ncccn2)s1)C(=O)O. The van der Waals surface area contributed by atoms with Crippen LogP contribution < -0.4 is 5.32 Å². The van der Waals surface area contributed by atoms with Crippen LogP contribution in [0.4, 0.5) is 0 Å². The Kier molecular flexibility index (Phi) is 4.27. The molecule has 110 valence electrons. The Hall–Kier alpha value is -2.35. The highest BCUT2D eigenvalue weighted by atomic mass is 32.1. The standard InChI is InChI=1S/C13H14N4O3S/c1-3-13(2,12(19)20)17-10(18)8-7-16-11(21-8)9-14-5-4-6-15-9/h4-7H,3H2,1-2H3,(H,17,18)(H,19,20). The lowest BCUT2D eigenvalue weighted by Gasteiger charge is -2.23. The van der Waals surface area contributed by atoms with Crippen LogP contribution in [-0.4, -0.2) is 37.5 Å². The number of amides is 1. The number of carbonyl (C=O) groups is 2. The van der Waals surface area contributed by atoms with Crippen molar-refractivity contribution in [3.63, 3.8) is 0 Å². The van der Waals surface area contributed by atoms with Gasteiger partial charge in [-0.1, -0.05) is 6.92 Å². The largest absolute Gasteiger partial charge is 0.480 e. The van der Waals surface area contributed by atoms with Gasteiger partial charge in [0.2, 0.25) is 0 Å². The number of hydrogen-bond donors (Lipinski definition) is 2. The number of nitrogens with one attached hydrogen (secondary N) is 1. The van der Waals surface area contributed by atoms with Gasteiger partial charge in [0.15, 0.2) is 10.8 Å². The number of rotatable bonds is 5. The van der Waals surface area contributed by atoms with E-state index in [2.05, 4.69) is 20.3 Å². The van der Waals surface area contributed by atoms with Crippen molar-refractivity contribution in [3.05, 3.63) is 29.5 Å². The minimum absolute atomic E-state index is 0.279. The van der Waals surface area contributed by atoms with E-state index < -0.39 is 17.4 Å². The third-order valence-corrected chi connectivity index (χ3v) is 4.05. The molecule has 1 unspecified atom stereocenters. The quantitative estimate of drug-likeness (QED) is 0.869. The van der Waals surface area contributed by atoms with Gasteiger partial charge in [0, 0.05) is 12.4 Å². The fraction of sp³-hybridized carbons (Fsp3) is 0.308. The molecule has 0 aliphatic rings. The van der Waals surface area contributed by atoms with Gasteiger partial charge >= 0.3 is 5.97 Å². The summed E-state index contributed by atoms with van der Waals surface area (Å²) in [6.07, 6.45) is 4.84. The van der Waals surface area contributed by atoms with Gasteiger partial charge in [-0.05, 0) is 19.4 Å². The maximum Gasteiger partial charge on any atom is 0.329 e. The lowest BCUT2D eigenvalue weighted by atomic mass is 9.99. The minimum atomic E-state index is -1.30. The van der Waals surface area contributed by atoms with Crippen molar-refractivity contribution in [2.75, 3.05) is 0 Å². The van der Waals surface area contributed by atoms with E-state index >= 15 is 0 Å². The Morgan fingerprint density at radius 2 is 2.00 bits per heavy atom. The van der Waals surface area contributed by atoms with E-state index in [1.54, 1.807) is 25.4 Å². The Morgan fingerprint density at radius 3 is 2.57 bits per heavy atom. The average molecular weight is 306 g/mol. The van der Waals surface area contributed by atoms with Crippen molar-refractivity contribution in [1.82, 2.24) is 20.3 Å². The van der Waals surface area contributed by atoms with Gasteiger partial charge in [0.05, 0.1) is 6.20 Å². The van der Waals surface area contributed by atoms with E-state index in [0.29, 0.717) is 15.7 Å². The van der Waals surface area contributed by atoms with Crippen molar-refractivity contribution in [2.45, 2.75) is 25.8 Å². The molecule has 7 nitrogen and oxygen atoms in total. The number of carboxylic acids is 1. The summed E-state index contributed by atoms with van der Waals surface area (Å²) in [5, 5.41) is 12.2. The maximum atomic E-state index is 12.1. The first-order valence-electron chi connectivity index (χ1n) is 6.25. The van der Waals surface area contributed by atoms with Gasteiger partial charge in [-0.3, -0.25) is 4.79 Å². The zero-order valence-electron chi connectivity index (χ0n) is 11.5. The third kappa shape index (κ3) is 3.22. The highest BCUT2D eigenvalue weighted by Gasteiger charge is 2.33. The van der Waals surface area contributed by atoms with E-state index in [-0.39, 0.29) is 6.42 Å². The highest BCUT2D eigenvalue weighted by molar-refractivity contribution is 7.16. The maximum absolute atomic E-state index is 12.1. The number of nitrogens with zero attached hydrogens (tertiary/aromatic N) is 3. The molecule has 2 aromatic rings. The van der Waals surface area contributed by atoms with Crippen LogP contribution in [-0.2, 0) is 4.79 Å². The van der Waals surface area contributed by atoms with Gasteiger partial charge in [-0.15, -0.1) is 11.3 Å². The third-order valence-electron chi connectivity index (χ3n) is 3.06. The van der Waals surface area contributed by atoms with Crippen molar-refractivity contribution < 1.29 is 14.7 Å². The zero-order valence-corrected chi connectivity index (χ0v) is 12.3. The second-order valence-corrected chi connectivity index (χ2v) is 5.58. The normalized spacial score (nSPS) is 13.4. The molecule has 2 aromatic heterocycles. The van der Waals surface area contributed by atoms with Gasteiger partial charge in [-0.2, -0.15) is 0 Å². The molecule has 0 aromatic carbocycles. The summed E-state index contributed by atoms with van der Waals surface area (Å²) >= 11 is 1.12. The molecule has 2 rings (SSSR count). The predicted octanol–water partition coefficient (Wildman–Crippen LogP) is 1.58. The lowest BCUT2D eigenvalue weighted by Crippen LogP contribution is -2.51. The summed E-state index contributed by atoms with van der Waals surface area (Å²) in [7, 11) is 0. The van der Waals surface area contributed by atoms with Crippen molar-refractivity contribution >= 4 is 23.2 Å². The summed E-state index contributed by atoms with van der Waals surface area (Å²) < 4.78 is 0. The van der Waals surface area contributed by atoms with E-state index in [9.17, 15) is 9.59 Å². The van der Waals surface area contributed by atoms with E-state index in [1.165, 1.54) is 13.1 Å². The molecule has 0 spiro atoms. The number of aromatic nitrogens is 3. The van der Waals surface area contributed by atoms with Crippen LogP contribution in [0.15, 0.2) is 24.7 Å². The molecule has 2 heterocycles. The molecule has 0 bridgehead atoms. The zero-order chi connectivity index (χ0) is 15.5. The monoisotopic (exact) mass is 306 g/mol. The molecule has 0 aliphatic heterocycles. The molecule has 0 saturated carbocycles. The number of aliphatic carboxylic acids is 1. The minimum Gasteiger partial charge on any atom is -0.480 e. The summed E-state index contributed by atoms with van der Waals surface area (Å²) in [6, 6.07) is 1.68. The first kappa shape index (κ1) is 15.0. The molecule has 8 heteroatoms. The number of carboxylic acid groups (broad SMARTS) is 1. The number of carbonyl (C=O) groups excluding carboxylic acids is 1. The van der Waals surface area contributed by atoms with Crippen molar-refractivity contribution in [2.24, 2.45) is 0 Å². The van der Waals surface area contributed by atoms with Gasteiger partial charge < -0.3 is 10.4 Å². The lowest BCUT2D eigenvalue weighted by molar-refractivity contribution is -0.143. The predicted molar refractivity (Wildman–Crippen MR) is 76.9 cm³/mol. The van der Waals surface area contributed by atoms with Crippen LogP contribution in [0, 0.1) is 0 Å². The molecule has 1 amide bonds. The Balaban J connectivity index is 2.18. The van der Waals surface area contributed by atoms with Crippen LogP contribution in [0.3, 0.4) is 0 Å². The number of hydrogen-bond acceptors (Lipinski definition) is 6. The topological polar surface area (TPSA) is 105 Å². The first-order valence-corrected chi connectivity index (χ1v) is 7.07. The average Bonchev–Trinajstić information content (AvgIpc) is 2.97. The molecule has 0 saturated heterocycles. The fourth-order valence-corrected chi connectivity index (χ4v) is 2.26. The van der Waals surface area contributed by atoms with E-state index in [0.717, 1.165) is 11.3 Å².